The molecule has 0 amide bonds. The number of nitrogens with zero attached hydrogens (tertiary/aromatic N) is 1. The van der Waals surface area contributed by atoms with Crippen LogP contribution in [0.1, 0.15) is 0 Å². The highest BCUT2D eigenvalue weighted by atomic mass is 79.9. The molecule has 0 aliphatic rings. The Morgan fingerprint density at radius 3 is 1.26 bits per heavy atom. The zero-order valence-electron chi connectivity index (χ0n) is 19.2. The molecule has 172 valence electrons. The van der Waals surface area contributed by atoms with Gasteiger partial charge in [-0.05, 0) is 82.9 Å². The smallest absolute Gasteiger partial charge is 0.142 e. The lowest BCUT2D eigenvalue weighted by molar-refractivity contribution is 0.416. The molecule has 0 aromatic heterocycles. The van der Waals surface area contributed by atoms with E-state index in [9.17, 15) is 0 Å². The quantitative estimate of drug-likeness (QED) is 0.197. The van der Waals surface area contributed by atoms with E-state index in [1.54, 1.807) is 7.11 Å². The Bertz CT molecular complexity index is 1320. The van der Waals surface area contributed by atoms with Crippen LogP contribution in [-0.4, -0.2) is 7.11 Å². The number of benzene rings is 5. The van der Waals surface area contributed by atoms with Crippen molar-refractivity contribution in [2.45, 2.75) is 0 Å². The molecule has 5 aromatic carbocycles. The van der Waals surface area contributed by atoms with Gasteiger partial charge < -0.3 is 9.64 Å². The maximum atomic E-state index is 5.73. The van der Waals surface area contributed by atoms with Crippen LogP contribution in [0.2, 0.25) is 0 Å². The van der Waals surface area contributed by atoms with Crippen LogP contribution in [0.15, 0.2) is 130 Å². The third kappa shape index (κ3) is 5.19. The summed E-state index contributed by atoms with van der Waals surface area (Å²) in [5.74, 6) is 0.821. The van der Waals surface area contributed by atoms with Crippen molar-refractivity contribution in [3.8, 4) is 28.0 Å². The van der Waals surface area contributed by atoms with Gasteiger partial charge in [0.05, 0.1) is 12.8 Å². The molecule has 5 rings (SSSR count). The predicted octanol–water partition coefficient (Wildman–Crippen LogP) is 10.0. The SMILES string of the molecule is COc1ccccc1N(c1ccc(-c2ccc(Br)cc2)cc1)c1ccc(-c2ccc(Br)cc2)cc1. The summed E-state index contributed by atoms with van der Waals surface area (Å²) in [7, 11) is 1.71. The van der Waals surface area contributed by atoms with E-state index in [1.165, 1.54) is 22.3 Å². The van der Waals surface area contributed by atoms with E-state index in [0.29, 0.717) is 0 Å². The summed E-state index contributed by atoms with van der Waals surface area (Å²) in [6, 6.07) is 42.2. The first-order valence-electron chi connectivity index (χ1n) is 11.3. The lowest BCUT2D eigenvalue weighted by atomic mass is 10.0. The highest BCUT2D eigenvalue weighted by Crippen LogP contribution is 2.41. The molecule has 0 radical (unpaired) electrons. The third-order valence-electron chi connectivity index (χ3n) is 5.93. The molecule has 0 atom stereocenters. The highest BCUT2D eigenvalue weighted by molar-refractivity contribution is 9.10. The van der Waals surface area contributed by atoms with Crippen molar-refractivity contribution in [3.63, 3.8) is 0 Å². The van der Waals surface area contributed by atoms with Crippen molar-refractivity contribution in [1.82, 2.24) is 0 Å². The number of hydrogen-bond acceptors (Lipinski definition) is 2. The maximum absolute atomic E-state index is 5.73. The minimum absolute atomic E-state index is 0.821. The first-order valence-corrected chi connectivity index (χ1v) is 12.9. The largest absolute Gasteiger partial charge is 0.495 e. The normalized spacial score (nSPS) is 10.7. The zero-order valence-corrected chi connectivity index (χ0v) is 22.3. The Morgan fingerprint density at radius 2 is 0.857 bits per heavy atom. The Hall–Kier alpha value is -3.34. The molecule has 35 heavy (non-hydrogen) atoms. The molecular formula is C31H23Br2NO. The second kappa shape index (κ2) is 10.5. The Morgan fingerprint density at radius 1 is 0.486 bits per heavy atom. The monoisotopic (exact) mass is 583 g/mol. The number of methoxy groups -OCH3 is 1. The summed E-state index contributed by atoms with van der Waals surface area (Å²) >= 11 is 7.03. The van der Waals surface area contributed by atoms with Gasteiger partial charge in [-0.25, -0.2) is 0 Å². The molecule has 0 saturated carbocycles. The fourth-order valence-electron chi connectivity index (χ4n) is 4.13. The number of hydrogen-bond donors (Lipinski definition) is 0. The van der Waals surface area contributed by atoms with Crippen LogP contribution in [0, 0.1) is 0 Å². The third-order valence-corrected chi connectivity index (χ3v) is 6.99. The van der Waals surface area contributed by atoms with Gasteiger partial charge >= 0.3 is 0 Å². The molecule has 5 aromatic rings. The molecule has 0 heterocycles. The van der Waals surface area contributed by atoms with E-state index in [4.69, 9.17) is 4.74 Å². The molecule has 0 spiro atoms. The van der Waals surface area contributed by atoms with Gasteiger partial charge in [0.1, 0.15) is 5.75 Å². The average Bonchev–Trinajstić information content (AvgIpc) is 2.91. The van der Waals surface area contributed by atoms with Gasteiger partial charge in [0.15, 0.2) is 0 Å². The number of rotatable bonds is 6. The molecule has 0 N–H and O–H groups in total. The predicted molar refractivity (Wildman–Crippen MR) is 154 cm³/mol. The van der Waals surface area contributed by atoms with Gasteiger partial charge in [-0.3, -0.25) is 0 Å². The van der Waals surface area contributed by atoms with E-state index < -0.39 is 0 Å². The van der Waals surface area contributed by atoms with Crippen LogP contribution in [0.4, 0.5) is 17.1 Å². The number of ether oxygens (including phenoxy) is 1. The Balaban J connectivity index is 1.55. The maximum Gasteiger partial charge on any atom is 0.142 e. The minimum Gasteiger partial charge on any atom is -0.495 e. The van der Waals surface area contributed by atoms with E-state index >= 15 is 0 Å². The molecule has 2 nitrogen and oxygen atoms in total. The molecular weight excluding hydrogens is 562 g/mol. The van der Waals surface area contributed by atoms with Crippen molar-refractivity contribution in [2.24, 2.45) is 0 Å². The van der Waals surface area contributed by atoms with Crippen LogP contribution in [0.25, 0.3) is 22.3 Å². The van der Waals surface area contributed by atoms with Crippen LogP contribution < -0.4 is 9.64 Å². The van der Waals surface area contributed by atoms with E-state index in [2.05, 4.69) is 140 Å². The molecule has 0 bridgehead atoms. The van der Waals surface area contributed by atoms with Crippen LogP contribution >= 0.6 is 31.9 Å². The van der Waals surface area contributed by atoms with Crippen molar-refractivity contribution < 1.29 is 4.74 Å². The molecule has 0 saturated heterocycles. The summed E-state index contributed by atoms with van der Waals surface area (Å²) in [4.78, 5) is 2.23. The fraction of sp³-hybridized carbons (Fsp3) is 0.0323. The van der Waals surface area contributed by atoms with E-state index in [0.717, 1.165) is 31.8 Å². The fourth-order valence-corrected chi connectivity index (χ4v) is 4.66. The molecule has 0 aliphatic carbocycles. The minimum atomic E-state index is 0.821. The van der Waals surface area contributed by atoms with Gasteiger partial charge in [0.25, 0.3) is 0 Å². The van der Waals surface area contributed by atoms with Crippen LogP contribution in [0.3, 0.4) is 0 Å². The lowest BCUT2D eigenvalue weighted by Crippen LogP contribution is -2.11. The highest BCUT2D eigenvalue weighted by Gasteiger charge is 2.17. The van der Waals surface area contributed by atoms with Gasteiger partial charge in [-0.15, -0.1) is 0 Å². The van der Waals surface area contributed by atoms with E-state index in [-0.39, 0.29) is 0 Å². The molecule has 0 unspecified atom stereocenters. The van der Waals surface area contributed by atoms with Crippen LogP contribution in [0.5, 0.6) is 5.75 Å². The Kier molecular flexibility index (Phi) is 7.03. The topological polar surface area (TPSA) is 12.5 Å². The van der Waals surface area contributed by atoms with Crippen molar-refractivity contribution in [1.29, 1.82) is 0 Å². The molecule has 4 heteroatoms. The number of halogens is 2. The van der Waals surface area contributed by atoms with Gasteiger partial charge in [-0.1, -0.05) is 92.5 Å². The summed E-state index contributed by atoms with van der Waals surface area (Å²) in [5, 5.41) is 0. The summed E-state index contributed by atoms with van der Waals surface area (Å²) in [6.07, 6.45) is 0. The molecule has 0 aliphatic heterocycles. The van der Waals surface area contributed by atoms with Crippen molar-refractivity contribution in [3.05, 3.63) is 130 Å². The standard InChI is InChI=1S/C31H23Br2NO/c1-35-31-5-3-2-4-30(31)34(28-18-10-24(11-19-28)22-6-14-26(32)15-7-22)29-20-12-25(13-21-29)23-8-16-27(33)17-9-23/h2-21H,1H3. The van der Waals surface area contributed by atoms with Gasteiger partial charge in [0.2, 0.25) is 0 Å². The van der Waals surface area contributed by atoms with E-state index in [1.807, 2.05) is 18.2 Å². The van der Waals surface area contributed by atoms with Crippen molar-refractivity contribution in [2.75, 3.05) is 12.0 Å². The van der Waals surface area contributed by atoms with Crippen molar-refractivity contribution >= 4 is 48.9 Å². The van der Waals surface area contributed by atoms with Gasteiger partial charge in [0, 0.05) is 20.3 Å². The number of anilines is 3. The van der Waals surface area contributed by atoms with Crippen LogP contribution in [-0.2, 0) is 0 Å². The first-order chi connectivity index (χ1) is 17.1. The first kappa shape index (κ1) is 23.4. The number of para-hydroxylation sites is 2. The zero-order chi connectivity index (χ0) is 24.2. The Labute approximate surface area is 223 Å². The summed E-state index contributed by atoms with van der Waals surface area (Å²) < 4.78 is 7.88. The molecule has 0 fully saturated rings. The average molecular weight is 585 g/mol. The van der Waals surface area contributed by atoms with Gasteiger partial charge in [-0.2, -0.15) is 0 Å². The summed E-state index contributed by atoms with van der Waals surface area (Å²) in [5.41, 5.74) is 7.82. The summed E-state index contributed by atoms with van der Waals surface area (Å²) in [6.45, 7) is 0. The second-order valence-corrected chi connectivity index (χ2v) is 9.95. The second-order valence-electron chi connectivity index (χ2n) is 8.11. The lowest BCUT2D eigenvalue weighted by Gasteiger charge is -2.27.